The summed E-state index contributed by atoms with van der Waals surface area (Å²) in [6.07, 6.45) is 10.4. The Balaban J connectivity index is 4.89. The van der Waals surface area contributed by atoms with E-state index in [-0.39, 0.29) is 0 Å². The molecule has 0 rings (SSSR count). The minimum absolute atomic E-state index is 0.753. The molecule has 0 bridgehead atoms. The molecule has 0 atom stereocenters. The molecule has 0 aromatic carbocycles. The van der Waals surface area contributed by atoms with Gasteiger partial charge < -0.3 is 0 Å². The van der Waals surface area contributed by atoms with Gasteiger partial charge in [0.25, 0.3) is 0 Å². The van der Waals surface area contributed by atoms with Crippen molar-refractivity contribution < 1.29 is 0 Å². The van der Waals surface area contributed by atoms with Crippen LogP contribution in [0.1, 0.15) is 13.8 Å². The highest BCUT2D eigenvalue weighted by atomic mass is 14.8. The first kappa shape index (κ1) is 12.3. The third kappa shape index (κ3) is 4.36. The van der Waals surface area contributed by atoms with Gasteiger partial charge in [0.2, 0.25) is 0 Å². The Kier molecular flexibility index (Phi) is 6.96. The molecule has 0 radical (unpaired) electrons. The summed E-state index contributed by atoms with van der Waals surface area (Å²) in [6.45, 7) is 11.1. The first-order valence-electron chi connectivity index (χ1n) is 4.43. The molecule has 2 heteroatoms. The zero-order valence-electron chi connectivity index (χ0n) is 8.77. The van der Waals surface area contributed by atoms with E-state index >= 15 is 0 Å². The molecule has 0 saturated heterocycles. The second-order valence-electron chi connectivity index (χ2n) is 2.39. The summed E-state index contributed by atoms with van der Waals surface area (Å²) in [5.41, 5.74) is 1.54. The number of nitrogens with zero attached hydrogens (tertiary/aromatic N) is 2. The van der Waals surface area contributed by atoms with Crippen LogP contribution in [0, 0.1) is 0 Å². The molecule has 0 unspecified atom stereocenters. The Morgan fingerprint density at radius 1 is 1.21 bits per heavy atom. The largest absolute Gasteiger partial charge is 0.255 e. The van der Waals surface area contributed by atoms with Crippen molar-refractivity contribution in [3.05, 3.63) is 49.4 Å². The average molecular weight is 188 g/mol. The number of hydrogen-bond donors (Lipinski definition) is 0. The Labute approximate surface area is 85.8 Å². The van der Waals surface area contributed by atoms with E-state index in [1.165, 1.54) is 0 Å². The van der Waals surface area contributed by atoms with E-state index in [9.17, 15) is 0 Å². The molecular weight excluding hydrogens is 172 g/mol. The van der Waals surface area contributed by atoms with E-state index in [1.807, 2.05) is 26.0 Å². The van der Waals surface area contributed by atoms with Gasteiger partial charge in [0.05, 0.1) is 11.4 Å². The van der Waals surface area contributed by atoms with Crippen molar-refractivity contribution in [1.29, 1.82) is 0 Å². The van der Waals surface area contributed by atoms with E-state index < -0.39 is 0 Å². The van der Waals surface area contributed by atoms with Gasteiger partial charge in [0, 0.05) is 12.4 Å². The van der Waals surface area contributed by atoms with Crippen molar-refractivity contribution in [2.75, 3.05) is 0 Å². The number of aliphatic imine (C=N–C) groups is 2. The quantitative estimate of drug-likeness (QED) is 0.591. The lowest BCUT2D eigenvalue weighted by Gasteiger charge is -1.98. The molecule has 2 nitrogen and oxygen atoms in total. The summed E-state index contributed by atoms with van der Waals surface area (Å²) in [4.78, 5) is 8.35. The van der Waals surface area contributed by atoms with Gasteiger partial charge in [-0.05, 0) is 19.9 Å². The van der Waals surface area contributed by atoms with Crippen molar-refractivity contribution in [2.45, 2.75) is 13.8 Å². The minimum atomic E-state index is 0.753. The molecule has 0 heterocycles. The molecule has 0 saturated carbocycles. The van der Waals surface area contributed by atoms with Gasteiger partial charge in [0.1, 0.15) is 0 Å². The second kappa shape index (κ2) is 7.92. The number of rotatable bonds is 5. The zero-order valence-corrected chi connectivity index (χ0v) is 8.77. The van der Waals surface area contributed by atoms with E-state index in [0.717, 1.165) is 11.4 Å². The normalized spacial score (nSPS) is 13.9. The third-order valence-corrected chi connectivity index (χ3v) is 1.41. The lowest BCUT2D eigenvalue weighted by molar-refractivity contribution is 1.41. The number of hydrogen-bond acceptors (Lipinski definition) is 2. The molecule has 0 aromatic rings. The SMILES string of the molecule is C=CC=NC(=C\C)/C(C=C)=N\C=C/C. The van der Waals surface area contributed by atoms with Gasteiger partial charge >= 0.3 is 0 Å². The van der Waals surface area contributed by atoms with Gasteiger partial charge in [-0.1, -0.05) is 31.4 Å². The van der Waals surface area contributed by atoms with E-state index in [4.69, 9.17) is 0 Å². The number of allylic oxidation sites excluding steroid dienone is 4. The molecule has 0 aliphatic heterocycles. The first-order chi connectivity index (χ1) is 6.79. The molecule has 0 aromatic heterocycles. The Morgan fingerprint density at radius 3 is 2.36 bits per heavy atom. The highest BCUT2D eigenvalue weighted by molar-refractivity contribution is 6.08. The lowest BCUT2D eigenvalue weighted by atomic mass is 10.2. The van der Waals surface area contributed by atoms with Crippen molar-refractivity contribution in [3.63, 3.8) is 0 Å². The highest BCUT2D eigenvalue weighted by Gasteiger charge is 1.97. The van der Waals surface area contributed by atoms with Crippen LogP contribution in [0.2, 0.25) is 0 Å². The Morgan fingerprint density at radius 2 is 1.93 bits per heavy atom. The van der Waals surface area contributed by atoms with Crippen LogP contribution >= 0.6 is 0 Å². The van der Waals surface area contributed by atoms with Gasteiger partial charge in [-0.2, -0.15) is 0 Å². The van der Waals surface area contributed by atoms with Crippen molar-refractivity contribution in [1.82, 2.24) is 0 Å². The topological polar surface area (TPSA) is 24.7 Å². The standard InChI is InChI=1S/C12H16N2/c1-5-9-13-11(7-3)12(8-4)14-10-6-2/h5-10H,1,4H2,2-3H3/b10-6-,11-7-,13-9?,14-12-. The molecule has 0 aliphatic carbocycles. The summed E-state index contributed by atoms with van der Waals surface area (Å²) in [5, 5.41) is 0. The molecule has 0 spiro atoms. The maximum absolute atomic E-state index is 4.19. The molecule has 74 valence electrons. The van der Waals surface area contributed by atoms with E-state index in [0.29, 0.717) is 0 Å². The Bertz CT molecular complexity index is 304. The Hall–Kier alpha value is -1.70. The summed E-state index contributed by atoms with van der Waals surface area (Å²) in [5.74, 6) is 0. The maximum Gasteiger partial charge on any atom is 0.0876 e. The monoisotopic (exact) mass is 188 g/mol. The van der Waals surface area contributed by atoms with Crippen LogP contribution in [-0.2, 0) is 0 Å². The molecule has 0 amide bonds. The second-order valence-corrected chi connectivity index (χ2v) is 2.39. The molecule has 0 aliphatic rings. The average Bonchev–Trinajstić information content (AvgIpc) is 2.23. The molecule has 14 heavy (non-hydrogen) atoms. The summed E-state index contributed by atoms with van der Waals surface area (Å²) < 4.78 is 0. The van der Waals surface area contributed by atoms with Crippen LogP contribution in [-0.4, -0.2) is 11.9 Å². The van der Waals surface area contributed by atoms with Crippen LogP contribution in [0.25, 0.3) is 0 Å². The molecule has 0 fully saturated rings. The van der Waals surface area contributed by atoms with Crippen molar-refractivity contribution >= 4 is 11.9 Å². The van der Waals surface area contributed by atoms with E-state index in [2.05, 4.69) is 23.1 Å². The van der Waals surface area contributed by atoms with Gasteiger partial charge in [-0.3, -0.25) is 9.98 Å². The van der Waals surface area contributed by atoms with Gasteiger partial charge in [-0.25, -0.2) is 0 Å². The highest BCUT2D eigenvalue weighted by Crippen LogP contribution is 2.02. The third-order valence-electron chi connectivity index (χ3n) is 1.41. The fourth-order valence-corrected chi connectivity index (χ4v) is 0.800. The van der Waals surface area contributed by atoms with Crippen molar-refractivity contribution in [3.8, 4) is 0 Å². The van der Waals surface area contributed by atoms with Crippen LogP contribution in [0.3, 0.4) is 0 Å². The summed E-state index contributed by atoms with van der Waals surface area (Å²) in [7, 11) is 0. The minimum Gasteiger partial charge on any atom is -0.255 e. The lowest BCUT2D eigenvalue weighted by Crippen LogP contribution is -1.95. The predicted octanol–water partition coefficient (Wildman–Crippen LogP) is 3.31. The smallest absolute Gasteiger partial charge is 0.0876 e. The van der Waals surface area contributed by atoms with Crippen LogP contribution in [0.15, 0.2) is 59.3 Å². The fraction of sp³-hybridized carbons (Fsp3) is 0.167. The van der Waals surface area contributed by atoms with Gasteiger partial charge in [-0.15, -0.1) is 0 Å². The fourth-order valence-electron chi connectivity index (χ4n) is 0.800. The van der Waals surface area contributed by atoms with E-state index in [1.54, 1.807) is 24.6 Å². The molecular formula is C12H16N2. The summed E-state index contributed by atoms with van der Waals surface area (Å²) in [6, 6.07) is 0. The van der Waals surface area contributed by atoms with Gasteiger partial charge in [0.15, 0.2) is 0 Å². The maximum atomic E-state index is 4.19. The summed E-state index contributed by atoms with van der Waals surface area (Å²) >= 11 is 0. The van der Waals surface area contributed by atoms with Crippen molar-refractivity contribution in [2.24, 2.45) is 9.98 Å². The first-order valence-corrected chi connectivity index (χ1v) is 4.43. The van der Waals surface area contributed by atoms with Crippen LogP contribution in [0.4, 0.5) is 0 Å². The van der Waals surface area contributed by atoms with Crippen LogP contribution < -0.4 is 0 Å². The van der Waals surface area contributed by atoms with Crippen LogP contribution in [0.5, 0.6) is 0 Å². The molecule has 0 N–H and O–H groups in total. The predicted molar refractivity (Wildman–Crippen MR) is 64.9 cm³/mol. The zero-order chi connectivity index (χ0) is 10.8.